The van der Waals surface area contributed by atoms with Gasteiger partial charge in [-0.15, -0.1) is 24.0 Å². The largest absolute Gasteiger partial charge is 0.354 e. The van der Waals surface area contributed by atoms with Crippen molar-refractivity contribution in [2.75, 3.05) is 20.1 Å². The van der Waals surface area contributed by atoms with E-state index in [1.165, 1.54) is 43.5 Å². The number of guanidine groups is 1. The van der Waals surface area contributed by atoms with Gasteiger partial charge in [0.05, 0.1) is 0 Å². The highest BCUT2D eigenvalue weighted by Gasteiger charge is 2.11. The summed E-state index contributed by atoms with van der Waals surface area (Å²) in [7, 11) is 1.82. The summed E-state index contributed by atoms with van der Waals surface area (Å²) in [6, 6.07) is 9.39. The molecule has 1 aromatic rings. The second-order valence-corrected chi connectivity index (χ2v) is 7.26. The van der Waals surface area contributed by atoms with Gasteiger partial charge >= 0.3 is 0 Å². The number of likely N-dealkylation sites (tertiary alicyclic amines) is 1. The molecule has 0 aliphatic carbocycles. The zero-order valence-corrected chi connectivity index (χ0v) is 18.5. The highest BCUT2D eigenvalue weighted by Crippen LogP contribution is 2.13. The molecule has 0 aromatic heterocycles. The van der Waals surface area contributed by atoms with Crippen LogP contribution in [-0.2, 0) is 13.1 Å². The van der Waals surface area contributed by atoms with Crippen molar-refractivity contribution in [3.05, 3.63) is 35.4 Å². The van der Waals surface area contributed by atoms with Crippen LogP contribution in [-0.4, -0.2) is 37.0 Å². The van der Waals surface area contributed by atoms with Gasteiger partial charge in [-0.2, -0.15) is 0 Å². The molecule has 0 saturated carbocycles. The van der Waals surface area contributed by atoms with Crippen molar-refractivity contribution in [2.45, 2.75) is 59.2 Å². The van der Waals surface area contributed by atoms with Crippen LogP contribution in [0.4, 0.5) is 0 Å². The molecule has 1 aromatic carbocycles. The predicted molar refractivity (Wildman–Crippen MR) is 119 cm³/mol. The molecule has 1 saturated heterocycles. The molecule has 2 rings (SSSR count). The van der Waals surface area contributed by atoms with E-state index in [1.807, 2.05) is 7.05 Å². The number of hydrogen-bond acceptors (Lipinski definition) is 2. The second kappa shape index (κ2) is 11.7. The molecule has 0 radical (unpaired) electrons. The summed E-state index contributed by atoms with van der Waals surface area (Å²) < 4.78 is 0. The number of nitrogens with one attached hydrogen (secondary N) is 2. The number of nitrogens with zero attached hydrogens (tertiary/aromatic N) is 2. The second-order valence-electron chi connectivity index (χ2n) is 7.26. The Morgan fingerprint density at radius 2 is 1.64 bits per heavy atom. The van der Waals surface area contributed by atoms with Crippen LogP contribution in [0, 0.1) is 5.92 Å². The number of halogens is 1. The van der Waals surface area contributed by atoms with Gasteiger partial charge in [0.15, 0.2) is 5.96 Å². The van der Waals surface area contributed by atoms with Crippen molar-refractivity contribution in [1.29, 1.82) is 0 Å². The minimum atomic E-state index is 0. The predicted octanol–water partition coefficient (Wildman–Crippen LogP) is 4.00. The first-order chi connectivity index (χ1) is 11.6. The van der Waals surface area contributed by atoms with Crippen LogP contribution in [0.15, 0.2) is 29.3 Å². The Bertz CT molecular complexity index is 507. The van der Waals surface area contributed by atoms with E-state index < -0.39 is 0 Å². The lowest BCUT2D eigenvalue weighted by Gasteiger charge is -2.26. The van der Waals surface area contributed by atoms with Crippen molar-refractivity contribution < 1.29 is 0 Å². The van der Waals surface area contributed by atoms with Gasteiger partial charge in [-0.05, 0) is 49.9 Å². The van der Waals surface area contributed by atoms with E-state index >= 15 is 0 Å². The van der Waals surface area contributed by atoms with Gasteiger partial charge in [0.2, 0.25) is 0 Å². The molecule has 0 spiro atoms. The fraction of sp³-hybridized carbons (Fsp3) is 0.650. The molecule has 5 heteroatoms. The summed E-state index contributed by atoms with van der Waals surface area (Å²) in [4.78, 5) is 6.87. The third kappa shape index (κ3) is 7.94. The van der Waals surface area contributed by atoms with Crippen molar-refractivity contribution in [2.24, 2.45) is 10.9 Å². The molecular weight excluding hydrogens is 423 g/mol. The van der Waals surface area contributed by atoms with Crippen molar-refractivity contribution in [3.63, 3.8) is 0 Å². The average Bonchev–Trinajstić information content (AvgIpc) is 2.60. The maximum absolute atomic E-state index is 4.31. The Morgan fingerprint density at radius 1 is 1.04 bits per heavy atom. The normalized spacial score (nSPS) is 17.1. The van der Waals surface area contributed by atoms with Crippen molar-refractivity contribution >= 4 is 29.9 Å². The zero-order chi connectivity index (χ0) is 17.4. The van der Waals surface area contributed by atoms with Gasteiger partial charge in [-0.25, -0.2) is 0 Å². The maximum Gasteiger partial charge on any atom is 0.191 e. The number of hydrogen-bond donors (Lipinski definition) is 2. The molecule has 1 aliphatic rings. The summed E-state index contributed by atoms with van der Waals surface area (Å²) in [5.74, 6) is 1.45. The minimum absolute atomic E-state index is 0. The maximum atomic E-state index is 4.31. The van der Waals surface area contributed by atoms with Gasteiger partial charge in [0, 0.05) is 26.2 Å². The molecule has 0 amide bonds. The molecule has 4 nitrogen and oxygen atoms in total. The first kappa shape index (κ1) is 22.2. The highest BCUT2D eigenvalue weighted by molar-refractivity contribution is 14.0. The summed E-state index contributed by atoms with van der Waals surface area (Å²) in [5.41, 5.74) is 2.70. The summed E-state index contributed by atoms with van der Waals surface area (Å²) in [5, 5.41) is 6.83. The molecule has 1 aliphatic heterocycles. The number of piperidine rings is 1. The van der Waals surface area contributed by atoms with E-state index in [0.717, 1.165) is 19.0 Å². The summed E-state index contributed by atoms with van der Waals surface area (Å²) in [6.45, 7) is 11.0. The first-order valence-electron chi connectivity index (χ1n) is 9.36. The first-order valence-corrected chi connectivity index (χ1v) is 9.36. The monoisotopic (exact) mass is 458 g/mol. The molecule has 0 bridgehead atoms. The molecule has 1 unspecified atom stereocenters. The average molecular weight is 458 g/mol. The van der Waals surface area contributed by atoms with Crippen LogP contribution in [0.2, 0.25) is 0 Å². The van der Waals surface area contributed by atoms with E-state index in [4.69, 9.17) is 0 Å². The van der Waals surface area contributed by atoms with Gasteiger partial charge in [-0.3, -0.25) is 9.89 Å². The molecule has 2 N–H and O–H groups in total. The van der Waals surface area contributed by atoms with E-state index in [9.17, 15) is 0 Å². The SMILES string of the molecule is CN=C(NCc1ccc(CN2CCCCC2)cc1)NC(C)C(C)C.I. The van der Waals surface area contributed by atoms with Crippen LogP contribution >= 0.6 is 24.0 Å². The Balaban J connectivity index is 0.00000312. The molecule has 1 heterocycles. The fourth-order valence-corrected chi connectivity index (χ4v) is 2.90. The van der Waals surface area contributed by atoms with E-state index in [-0.39, 0.29) is 24.0 Å². The Labute approximate surface area is 170 Å². The minimum Gasteiger partial charge on any atom is -0.354 e. The third-order valence-electron chi connectivity index (χ3n) is 4.93. The van der Waals surface area contributed by atoms with Gasteiger partial charge in [0.1, 0.15) is 0 Å². The van der Waals surface area contributed by atoms with Crippen LogP contribution in [0.25, 0.3) is 0 Å². The van der Waals surface area contributed by atoms with Crippen LogP contribution in [0.5, 0.6) is 0 Å². The molecule has 142 valence electrons. The third-order valence-corrected chi connectivity index (χ3v) is 4.93. The summed E-state index contributed by atoms with van der Waals surface area (Å²) in [6.07, 6.45) is 4.09. The summed E-state index contributed by atoms with van der Waals surface area (Å²) >= 11 is 0. The number of rotatable bonds is 6. The van der Waals surface area contributed by atoms with Gasteiger partial charge in [0.25, 0.3) is 0 Å². The smallest absolute Gasteiger partial charge is 0.191 e. The van der Waals surface area contributed by atoms with Crippen LogP contribution in [0.1, 0.15) is 51.2 Å². The van der Waals surface area contributed by atoms with E-state index in [1.54, 1.807) is 0 Å². The fourth-order valence-electron chi connectivity index (χ4n) is 2.90. The Kier molecular flexibility index (Phi) is 10.4. The van der Waals surface area contributed by atoms with E-state index in [2.05, 4.69) is 65.6 Å². The Hall–Kier alpha value is -0.820. The molecule has 1 atom stereocenters. The lowest BCUT2D eigenvalue weighted by molar-refractivity contribution is 0.221. The van der Waals surface area contributed by atoms with Gasteiger partial charge in [-0.1, -0.05) is 44.5 Å². The lowest BCUT2D eigenvalue weighted by atomic mass is 10.1. The molecule has 25 heavy (non-hydrogen) atoms. The van der Waals surface area contributed by atoms with Gasteiger partial charge < -0.3 is 10.6 Å². The van der Waals surface area contributed by atoms with Crippen molar-refractivity contribution in [3.8, 4) is 0 Å². The topological polar surface area (TPSA) is 39.7 Å². The Morgan fingerprint density at radius 3 is 2.20 bits per heavy atom. The number of aliphatic imine (C=N–C) groups is 1. The quantitative estimate of drug-likeness (QED) is 0.385. The molecule has 1 fully saturated rings. The standard InChI is InChI=1S/C20H34N4.HI/c1-16(2)17(3)23-20(21-4)22-14-18-8-10-19(11-9-18)15-24-12-6-5-7-13-24;/h8-11,16-17H,5-7,12-15H2,1-4H3,(H2,21,22,23);1H. The molecular formula is C20H35IN4. The van der Waals surface area contributed by atoms with Crippen LogP contribution < -0.4 is 10.6 Å². The van der Waals surface area contributed by atoms with Crippen LogP contribution in [0.3, 0.4) is 0 Å². The number of benzene rings is 1. The highest BCUT2D eigenvalue weighted by atomic mass is 127. The van der Waals surface area contributed by atoms with E-state index in [0.29, 0.717) is 12.0 Å². The lowest BCUT2D eigenvalue weighted by Crippen LogP contribution is -2.43. The van der Waals surface area contributed by atoms with Crippen molar-refractivity contribution in [1.82, 2.24) is 15.5 Å². The zero-order valence-electron chi connectivity index (χ0n) is 16.2.